The van der Waals surface area contributed by atoms with Crippen LogP contribution in [0.5, 0.6) is 5.75 Å². The number of amides is 3. The molecule has 2 bridgehead atoms. The Morgan fingerprint density at radius 2 is 1.68 bits per heavy atom. The summed E-state index contributed by atoms with van der Waals surface area (Å²) in [5.41, 5.74) is 0.537. The van der Waals surface area contributed by atoms with E-state index >= 15 is 0 Å². The van der Waals surface area contributed by atoms with Crippen molar-refractivity contribution in [3.8, 4) is 5.75 Å². The number of methoxy groups -OCH3 is 1. The molecule has 4 atom stereocenters. The molecule has 1 aromatic rings. The lowest BCUT2D eigenvalue weighted by Crippen LogP contribution is -2.38. The Kier molecular flexibility index (Phi) is 4.78. The average molecular weight is 386 g/mol. The highest BCUT2D eigenvalue weighted by Crippen LogP contribution is 2.56. The summed E-state index contributed by atoms with van der Waals surface area (Å²) in [5, 5.41) is 2.59. The van der Waals surface area contributed by atoms with Crippen molar-refractivity contribution in [2.24, 2.45) is 23.7 Å². The fraction of sp³-hybridized carbons (Fsp3) is 0.500. The first-order valence-corrected chi connectivity index (χ1v) is 9.42. The molecule has 1 heterocycles. The van der Waals surface area contributed by atoms with Crippen LogP contribution in [0.25, 0.3) is 0 Å². The smallest absolute Gasteiger partial charge is 0.326 e. The number of hydrogen-bond acceptors (Lipinski definition) is 6. The number of nitrogens with zero attached hydrogens (tertiary/aromatic N) is 1. The van der Waals surface area contributed by atoms with Crippen molar-refractivity contribution in [2.45, 2.75) is 19.3 Å². The summed E-state index contributed by atoms with van der Waals surface area (Å²) >= 11 is 0. The molecule has 3 aliphatic rings. The molecule has 3 amide bonds. The van der Waals surface area contributed by atoms with E-state index in [0.717, 1.165) is 24.2 Å². The van der Waals surface area contributed by atoms with E-state index in [-0.39, 0.29) is 35.5 Å². The van der Waals surface area contributed by atoms with Gasteiger partial charge >= 0.3 is 5.97 Å². The largest absolute Gasteiger partial charge is 0.497 e. The number of fused-ring (bicyclic) bond motifs is 5. The normalized spacial score (nSPS) is 27.7. The number of carbonyl (C=O) groups excluding carboxylic acids is 4. The minimum absolute atomic E-state index is 0.262. The SMILES string of the molecule is COc1ccc(NC(=O)COC(=O)CN2C(=O)[C@H]3[C@@H]4CC[C@@H](C4)[C@@H]3C2=O)cc1. The summed E-state index contributed by atoms with van der Waals surface area (Å²) in [7, 11) is 1.54. The van der Waals surface area contributed by atoms with Crippen LogP contribution < -0.4 is 10.1 Å². The maximum absolute atomic E-state index is 12.6. The molecule has 2 aliphatic carbocycles. The number of esters is 1. The van der Waals surface area contributed by atoms with E-state index in [1.807, 2.05) is 0 Å². The molecule has 0 spiro atoms. The minimum atomic E-state index is -0.765. The number of imide groups is 1. The number of hydrogen-bond donors (Lipinski definition) is 1. The van der Waals surface area contributed by atoms with Gasteiger partial charge in [-0.05, 0) is 55.4 Å². The van der Waals surface area contributed by atoms with Crippen LogP contribution in [0.2, 0.25) is 0 Å². The first kappa shape index (κ1) is 18.5. The van der Waals surface area contributed by atoms with Crippen molar-refractivity contribution in [1.29, 1.82) is 0 Å². The fourth-order valence-electron chi connectivity index (χ4n) is 4.82. The van der Waals surface area contributed by atoms with Crippen LogP contribution in [0.1, 0.15) is 19.3 Å². The lowest BCUT2D eigenvalue weighted by Gasteiger charge is -2.19. The molecule has 0 aromatic heterocycles. The average Bonchev–Trinajstić information content (AvgIpc) is 3.37. The van der Waals surface area contributed by atoms with Crippen LogP contribution in [0.4, 0.5) is 5.69 Å². The van der Waals surface area contributed by atoms with Gasteiger partial charge in [-0.1, -0.05) is 0 Å². The molecular formula is C20H22N2O6. The van der Waals surface area contributed by atoms with Gasteiger partial charge in [-0.15, -0.1) is 0 Å². The van der Waals surface area contributed by atoms with Gasteiger partial charge in [-0.2, -0.15) is 0 Å². The first-order valence-electron chi connectivity index (χ1n) is 9.42. The lowest BCUT2D eigenvalue weighted by atomic mass is 9.81. The van der Waals surface area contributed by atoms with E-state index in [1.165, 1.54) is 0 Å². The van der Waals surface area contributed by atoms with Crippen LogP contribution in [0.15, 0.2) is 24.3 Å². The Hall–Kier alpha value is -2.90. The molecule has 3 fully saturated rings. The predicted molar refractivity (Wildman–Crippen MR) is 97.1 cm³/mol. The molecular weight excluding hydrogens is 364 g/mol. The van der Waals surface area contributed by atoms with Gasteiger partial charge in [0, 0.05) is 5.69 Å². The van der Waals surface area contributed by atoms with Crippen LogP contribution in [-0.4, -0.2) is 48.9 Å². The van der Waals surface area contributed by atoms with Crippen molar-refractivity contribution < 1.29 is 28.7 Å². The van der Waals surface area contributed by atoms with E-state index < -0.39 is 25.0 Å². The topological polar surface area (TPSA) is 102 Å². The summed E-state index contributed by atoms with van der Waals surface area (Å²) in [5.74, 6) is -1.14. The Morgan fingerprint density at radius 1 is 1.07 bits per heavy atom. The molecule has 8 heteroatoms. The van der Waals surface area contributed by atoms with E-state index in [1.54, 1.807) is 31.4 Å². The number of rotatable bonds is 6. The van der Waals surface area contributed by atoms with Crippen LogP contribution in [0.3, 0.4) is 0 Å². The lowest BCUT2D eigenvalue weighted by molar-refractivity contribution is -0.154. The molecule has 28 heavy (non-hydrogen) atoms. The summed E-state index contributed by atoms with van der Waals surface area (Å²) in [4.78, 5) is 50.1. The molecule has 1 saturated heterocycles. The molecule has 1 N–H and O–H groups in total. The number of carbonyl (C=O) groups is 4. The second-order valence-corrected chi connectivity index (χ2v) is 7.58. The maximum Gasteiger partial charge on any atom is 0.326 e. The quantitative estimate of drug-likeness (QED) is 0.582. The minimum Gasteiger partial charge on any atom is -0.497 e. The highest BCUT2D eigenvalue weighted by Gasteiger charge is 2.61. The van der Waals surface area contributed by atoms with Gasteiger partial charge in [0.15, 0.2) is 6.61 Å². The van der Waals surface area contributed by atoms with Gasteiger partial charge in [0.2, 0.25) is 11.8 Å². The molecule has 0 radical (unpaired) electrons. The van der Waals surface area contributed by atoms with Crippen molar-refractivity contribution in [3.63, 3.8) is 0 Å². The zero-order valence-electron chi connectivity index (χ0n) is 15.6. The summed E-state index contributed by atoms with van der Waals surface area (Å²) < 4.78 is 9.99. The van der Waals surface area contributed by atoms with Gasteiger partial charge in [0.05, 0.1) is 18.9 Å². The molecule has 4 rings (SSSR count). The number of ether oxygens (including phenoxy) is 2. The zero-order valence-corrected chi connectivity index (χ0v) is 15.6. The number of nitrogens with one attached hydrogen (secondary N) is 1. The monoisotopic (exact) mass is 386 g/mol. The van der Waals surface area contributed by atoms with Gasteiger partial charge in [0.1, 0.15) is 12.3 Å². The van der Waals surface area contributed by atoms with Crippen LogP contribution in [-0.2, 0) is 23.9 Å². The number of likely N-dealkylation sites (tertiary alicyclic amines) is 1. The second-order valence-electron chi connectivity index (χ2n) is 7.58. The van der Waals surface area contributed by atoms with E-state index in [9.17, 15) is 19.2 Å². The van der Waals surface area contributed by atoms with Crippen molar-refractivity contribution in [3.05, 3.63) is 24.3 Å². The molecule has 148 valence electrons. The first-order chi connectivity index (χ1) is 13.5. The molecule has 8 nitrogen and oxygen atoms in total. The highest BCUT2D eigenvalue weighted by molar-refractivity contribution is 6.07. The summed E-state index contributed by atoms with van der Waals surface area (Å²) in [6.45, 7) is -0.918. The Bertz CT molecular complexity index is 792. The predicted octanol–water partition coefficient (Wildman–Crippen LogP) is 1.21. The maximum atomic E-state index is 12.6. The van der Waals surface area contributed by atoms with Crippen molar-refractivity contribution in [2.75, 3.05) is 25.6 Å². The molecule has 1 aromatic carbocycles. The van der Waals surface area contributed by atoms with Gasteiger partial charge in [-0.25, -0.2) is 0 Å². The highest BCUT2D eigenvalue weighted by atomic mass is 16.5. The van der Waals surface area contributed by atoms with Crippen LogP contribution >= 0.6 is 0 Å². The van der Waals surface area contributed by atoms with E-state index in [2.05, 4.69) is 5.32 Å². The number of benzene rings is 1. The standard InChI is InChI=1S/C20H22N2O6/c1-27-14-6-4-13(5-7-14)21-15(23)10-28-16(24)9-22-19(25)17-11-2-3-12(8-11)18(17)20(22)26/h4-7,11-12,17-18H,2-3,8-10H2,1H3,(H,21,23)/t11-,12+,17-,18-/m0/s1. The Balaban J connectivity index is 1.27. The van der Waals surface area contributed by atoms with E-state index in [0.29, 0.717) is 11.4 Å². The zero-order chi connectivity index (χ0) is 19.8. The molecule has 1 aliphatic heterocycles. The second kappa shape index (κ2) is 7.26. The van der Waals surface area contributed by atoms with Gasteiger partial charge in [0.25, 0.3) is 5.91 Å². The Morgan fingerprint density at radius 3 is 2.25 bits per heavy atom. The molecule has 2 saturated carbocycles. The van der Waals surface area contributed by atoms with Crippen molar-refractivity contribution >= 4 is 29.4 Å². The van der Waals surface area contributed by atoms with Gasteiger partial charge in [-0.3, -0.25) is 24.1 Å². The summed E-state index contributed by atoms with van der Waals surface area (Å²) in [6, 6.07) is 6.70. The molecule has 0 unspecified atom stereocenters. The third-order valence-electron chi connectivity index (χ3n) is 6.04. The van der Waals surface area contributed by atoms with Crippen LogP contribution in [0, 0.1) is 23.7 Å². The number of anilines is 1. The third-order valence-corrected chi connectivity index (χ3v) is 6.04. The van der Waals surface area contributed by atoms with Gasteiger partial charge < -0.3 is 14.8 Å². The van der Waals surface area contributed by atoms with Crippen molar-refractivity contribution in [1.82, 2.24) is 4.90 Å². The fourth-order valence-corrected chi connectivity index (χ4v) is 4.82. The summed E-state index contributed by atoms with van der Waals surface area (Å²) in [6.07, 6.45) is 2.90. The van der Waals surface area contributed by atoms with E-state index in [4.69, 9.17) is 9.47 Å². The third kappa shape index (κ3) is 3.23. The Labute approximate surface area is 162 Å².